The maximum Gasteiger partial charge on any atom is 0.336 e. The number of phenols is 1. The zero-order valence-electron chi connectivity index (χ0n) is 10.4. The summed E-state index contributed by atoms with van der Waals surface area (Å²) in [6.45, 7) is 3.88. The minimum absolute atomic E-state index is 0.0201. The number of nitrogens with zero attached hydrogens (tertiary/aromatic N) is 1. The lowest BCUT2D eigenvalue weighted by Gasteiger charge is -2.22. The van der Waals surface area contributed by atoms with E-state index < -0.39 is 0 Å². The number of rotatable bonds is 5. The van der Waals surface area contributed by atoms with Crippen molar-refractivity contribution in [3.8, 4) is 5.75 Å². The van der Waals surface area contributed by atoms with Crippen molar-refractivity contribution < 1.29 is 14.7 Å². The number of aromatic hydroxyl groups is 1. The van der Waals surface area contributed by atoms with E-state index in [0.29, 0.717) is 6.41 Å². The van der Waals surface area contributed by atoms with Crippen molar-refractivity contribution in [3.63, 3.8) is 0 Å². The molecule has 1 aromatic rings. The lowest BCUT2D eigenvalue weighted by Crippen LogP contribution is -2.49. The second kappa shape index (κ2) is 6.48. The van der Waals surface area contributed by atoms with E-state index in [1.807, 2.05) is 13.8 Å². The predicted octanol–water partition coefficient (Wildman–Crippen LogP) is 0.973. The van der Waals surface area contributed by atoms with Crippen LogP contribution in [0, 0.1) is 0 Å². The molecule has 0 bridgehead atoms. The van der Waals surface area contributed by atoms with Crippen LogP contribution in [0.15, 0.2) is 24.3 Å². The second-order valence-electron chi connectivity index (χ2n) is 4.10. The van der Waals surface area contributed by atoms with Crippen LogP contribution in [0.25, 0.3) is 0 Å². The Hall–Kier alpha value is -2.24. The minimum Gasteiger partial charge on any atom is -0.508 e. The van der Waals surface area contributed by atoms with Gasteiger partial charge in [-0.1, -0.05) is 12.1 Å². The number of amides is 3. The van der Waals surface area contributed by atoms with Crippen molar-refractivity contribution in [2.24, 2.45) is 0 Å². The Morgan fingerprint density at radius 1 is 1.39 bits per heavy atom. The Bertz CT molecular complexity index is 404. The van der Waals surface area contributed by atoms with Crippen molar-refractivity contribution >= 4 is 12.4 Å². The van der Waals surface area contributed by atoms with Gasteiger partial charge in [-0.2, -0.15) is 0 Å². The van der Waals surface area contributed by atoms with Crippen LogP contribution < -0.4 is 10.7 Å². The monoisotopic (exact) mass is 251 g/mol. The van der Waals surface area contributed by atoms with Crippen LogP contribution in [0.5, 0.6) is 5.75 Å². The van der Waals surface area contributed by atoms with Gasteiger partial charge in [0.15, 0.2) is 0 Å². The van der Waals surface area contributed by atoms with Crippen LogP contribution in [-0.2, 0) is 11.3 Å². The highest BCUT2D eigenvalue weighted by Crippen LogP contribution is 2.11. The molecule has 6 heteroatoms. The summed E-state index contributed by atoms with van der Waals surface area (Å²) in [5, 5.41) is 13.0. The van der Waals surface area contributed by atoms with E-state index in [0.717, 1.165) is 5.56 Å². The van der Waals surface area contributed by atoms with Gasteiger partial charge in [-0.3, -0.25) is 10.2 Å². The van der Waals surface area contributed by atoms with Crippen LogP contribution in [0.2, 0.25) is 0 Å². The highest BCUT2D eigenvalue weighted by atomic mass is 16.3. The Morgan fingerprint density at radius 2 is 2.00 bits per heavy atom. The third kappa shape index (κ3) is 4.32. The van der Waals surface area contributed by atoms with E-state index in [1.54, 1.807) is 12.1 Å². The van der Waals surface area contributed by atoms with E-state index in [9.17, 15) is 9.59 Å². The van der Waals surface area contributed by atoms with E-state index in [-0.39, 0.29) is 24.4 Å². The first-order valence-electron chi connectivity index (χ1n) is 5.58. The van der Waals surface area contributed by atoms with Gasteiger partial charge < -0.3 is 10.4 Å². The fraction of sp³-hybridized carbons (Fsp3) is 0.333. The quantitative estimate of drug-likeness (QED) is 0.539. The molecule has 1 rings (SSSR count). The second-order valence-corrected chi connectivity index (χ2v) is 4.10. The van der Waals surface area contributed by atoms with Gasteiger partial charge in [0.1, 0.15) is 5.75 Å². The molecule has 1 aromatic carbocycles. The third-order valence-corrected chi connectivity index (χ3v) is 2.14. The highest BCUT2D eigenvalue weighted by molar-refractivity contribution is 5.75. The third-order valence-electron chi connectivity index (χ3n) is 2.14. The summed E-state index contributed by atoms with van der Waals surface area (Å²) in [5.41, 5.74) is 3.12. The van der Waals surface area contributed by atoms with Crippen molar-refractivity contribution in [2.75, 3.05) is 0 Å². The molecular formula is C12H17N3O3. The highest BCUT2D eigenvalue weighted by Gasteiger charge is 2.13. The van der Waals surface area contributed by atoms with Gasteiger partial charge in [-0.15, -0.1) is 0 Å². The molecule has 18 heavy (non-hydrogen) atoms. The average Bonchev–Trinajstić information content (AvgIpc) is 2.30. The van der Waals surface area contributed by atoms with Crippen LogP contribution in [0.3, 0.4) is 0 Å². The molecule has 0 aliphatic carbocycles. The first kappa shape index (κ1) is 13.8. The molecule has 0 atom stereocenters. The Balaban J connectivity index is 2.70. The van der Waals surface area contributed by atoms with Gasteiger partial charge in [-0.05, 0) is 31.5 Å². The molecule has 0 aliphatic rings. The number of carbonyl (C=O) groups is 2. The summed E-state index contributed by atoms with van der Waals surface area (Å²) >= 11 is 0. The van der Waals surface area contributed by atoms with E-state index >= 15 is 0 Å². The molecule has 0 heterocycles. The van der Waals surface area contributed by atoms with E-state index in [2.05, 4.69) is 10.7 Å². The smallest absolute Gasteiger partial charge is 0.336 e. The molecule has 0 saturated carbocycles. The summed E-state index contributed by atoms with van der Waals surface area (Å²) in [7, 11) is 0. The van der Waals surface area contributed by atoms with Gasteiger partial charge in [-0.25, -0.2) is 9.80 Å². The van der Waals surface area contributed by atoms with Gasteiger partial charge in [0, 0.05) is 6.04 Å². The average molecular weight is 251 g/mol. The van der Waals surface area contributed by atoms with Crippen molar-refractivity contribution in [1.29, 1.82) is 0 Å². The molecule has 6 nitrogen and oxygen atoms in total. The number of benzene rings is 1. The Kier molecular flexibility index (Phi) is 4.98. The molecule has 3 amide bonds. The van der Waals surface area contributed by atoms with Crippen LogP contribution in [0.1, 0.15) is 19.4 Å². The SMILES string of the molecule is CC(C)NC(=O)N(Cc1ccc(O)cc1)NC=O. The summed E-state index contributed by atoms with van der Waals surface area (Å²) < 4.78 is 0. The first-order valence-corrected chi connectivity index (χ1v) is 5.58. The molecule has 0 aliphatic heterocycles. The molecule has 0 saturated heterocycles. The zero-order valence-corrected chi connectivity index (χ0v) is 10.4. The minimum atomic E-state index is -0.384. The normalized spacial score (nSPS) is 9.94. The molecule has 0 radical (unpaired) electrons. The summed E-state index contributed by atoms with van der Waals surface area (Å²) in [4.78, 5) is 22.2. The molecule has 98 valence electrons. The molecule has 0 unspecified atom stereocenters. The summed E-state index contributed by atoms with van der Waals surface area (Å²) in [6.07, 6.45) is 0.445. The standard InChI is InChI=1S/C12H17N3O3/c1-9(2)14-12(18)15(13-8-16)7-10-3-5-11(17)6-4-10/h3-6,8-9,17H,7H2,1-2H3,(H,13,16)(H,14,18). The predicted molar refractivity (Wildman–Crippen MR) is 66.5 cm³/mol. The van der Waals surface area contributed by atoms with Gasteiger partial charge in [0.25, 0.3) is 0 Å². The number of hydrazine groups is 1. The molecule has 0 fully saturated rings. The van der Waals surface area contributed by atoms with Gasteiger partial charge in [0.05, 0.1) is 6.54 Å². The number of urea groups is 1. The van der Waals surface area contributed by atoms with Crippen molar-refractivity contribution in [2.45, 2.75) is 26.4 Å². The summed E-state index contributed by atoms with van der Waals surface area (Å²) in [5.74, 6) is 0.153. The topological polar surface area (TPSA) is 81.7 Å². The molecule has 3 N–H and O–H groups in total. The lowest BCUT2D eigenvalue weighted by molar-refractivity contribution is -0.112. The van der Waals surface area contributed by atoms with Crippen molar-refractivity contribution in [3.05, 3.63) is 29.8 Å². The van der Waals surface area contributed by atoms with E-state index in [1.165, 1.54) is 17.1 Å². The molecule has 0 spiro atoms. The molecular weight excluding hydrogens is 234 g/mol. The van der Waals surface area contributed by atoms with Gasteiger partial charge in [0.2, 0.25) is 6.41 Å². The number of phenolic OH excluding ortho intramolecular Hbond substituents is 1. The fourth-order valence-corrected chi connectivity index (χ4v) is 1.35. The zero-order chi connectivity index (χ0) is 13.5. The maximum atomic E-state index is 11.8. The first-order chi connectivity index (χ1) is 8.52. The number of nitrogens with one attached hydrogen (secondary N) is 2. The number of hydrogen-bond acceptors (Lipinski definition) is 3. The molecule has 0 aromatic heterocycles. The van der Waals surface area contributed by atoms with E-state index in [4.69, 9.17) is 5.11 Å². The largest absolute Gasteiger partial charge is 0.508 e. The van der Waals surface area contributed by atoms with Gasteiger partial charge >= 0.3 is 6.03 Å². The van der Waals surface area contributed by atoms with Crippen LogP contribution >= 0.6 is 0 Å². The fourth-order valence-electron chi connectivity index (χ4n) is 1.35. The summed E-state index contributed by atoms with van der Waals surface area (Å²) in [6, 6.07) is 6.00. The van der Waals surface area contributed by atoms with Crippen LogP contribution in [0.4, 0.5) is 4.79 Å². The Labute approximate surface area is 106 Å². The van der Waals surface area contributed by atoms with Crippen LogP contribution in [-0.4, -0.2) is 28.6 Å². The number of hydrogen-bond donors (Lipinski definition) is 3. The lowest BCUT2D eigenvalue weighted by atomic mass is 10.2. The number of carbonyl (C=O) groups excluding carboxylic acids is 2. The van der Waals surface area contributed by atoms with Crippen molar-refractivity contribution in [1.82, 2.24) is 15.8 Å². The maximum absolute atomic E-state index is 11.8. The Morgan fingerprint density at radius 3 is 2.50 bits per heavy atom.